The molecule has 0 unspecified atom stereocenters. The summed E-state index contributed by atoms with van der Waals surface area (Å²) in [5.41, 5.74) is 3.77. The van der Waals surface area contributed by atoms with Gasteiger partial charge in [0.25, 0.3) is 0 Å². The molecule has 0 atom stereocenters. The third-order valence-electron chi connectivity index (χ3n) is 3.60. The number of hydrogen-bond donors (Lipinski definition) is 0. The van der Waals surface area contributed by atoms with Gasteiger partial charge < -0.3 is 0 Å². The van der Waals surface area contributed by atoms with Gasteiger partial charge in [-0.1, -0.05) is 18.2 Å². The Morgan fingerprint density at radius 1 is 0.840 bits per heavy atom. The van der Waals surface area contributed by atoms with Crippen molar-refractivity contribution in [2.75, 3.05) is 0 Å². The molecular weight excluding hydrogens is 328 g/mol. The van der Waals surface area contributed by atoms with E-state index in [-0.39, 0.29) is 0 Å². The molecule has 0 saturated heterocycles. The van der Waals surface area contributed by atoms with Crippen molar-refractivity contribution in [2.24, 2.45) is 4.99 Å². The predicted molar refractivity (Wildman–Crippen MR) is 102 cm³/mol. The Balaban J connectivity index is 1.68. The van der Waals surface area contributed by atoms with Crippen molar-refractivity contribution in [3.05, 3.63) is 84.9 Å². The zero-order chi connectivity index (χ0) is 16.9. The van der Waals surface area contributed by atoms with Crippen LogP contribution < -0.4 is 0 Å². The average molecular weight is 342 g/mol. The van der Waals surface area contributed by atoms with Gasteiger partial charge in [-0.3, -0.25) is 15.0 Å². The fraction of sp³-hybridized carbons (Fsp3) is 0. The number of para-hydroxylation sites is 1. The van der Waals surface area contributed by atoms with Crippen LogP contribution in [0, 0.1) is 0 Å². The second-order valence-corrected chi connectivity index (χ2v) is 6.34. The van der Waals surface area contributed by atoms with E-state index in [0.29, 0.717) is 0 Å². The maximum Gasteiger partial charge on any atom is 0.125 e. The van der Waals surface area contributed by atoms with Gasteiger partial charge in [0.2, 0.25) is 0 Å². The summed E-state index contributed by atoms with van der Waals surface area (Å²) in [5.74, 6) is 0. The lowest BCUT2D eigenvalue weighted by molar-refractivity contribution is 1.30. The highest BCUT2D eigenvalue weighted by Gasteiger charge is 2.10. The Bertz CT molecular complexity index is 994. The number of hydrogen-bond acceptors (Lipinski definition) is 5. The molecule has 25 heavy (non-hydrogen) atoms. The summed E-state index contributed by atoms with van der Waals surface area (Å²) in [6, 6.07) is 17.7. The van der Waals surface area contributed by atoms with Crippen molar-refractivity contribution in [1.82, 2.24) is 15.0 Å². The first-order valence-corrected chi connectivity index (χ1v) is 8.62. The van der Waals surface area contributed by atoms with E-state index in [2.05, 4.69) is 19.9 Å². The van der Waals surface area contributed by atoms with Crippen LogP contribution in [0.25, 0.3) is 21.1 Å². The summed E-state index contributed by atoms with van der Waals surface area (Å²) in [5, 5.41) is 0.930. The minimum atomic E-state index is 0.884. The van der Waals surface area contributed by atoms with Gasteiger partial charge >= 0.3 is 0 Å². The zero-order valence-electron chi connectivity index (χ0n) is 13.3. The molecule has 0 radical (unpaired) electrons. The lowest BCUT2D eigenvalue weighted by atomic mass is 10.2. The van der Waals surface area contributed by atoms with E-state index < -0.39 is 0 Å². The van der Waals surface area contributed by atoms with Gasteiger partial charge in [0.15, 0.2) is 0 Å². The Labute approximate surface area is 149 Å². The molecule has 4 nitrogen and oxygen atoms in total. The lowest BCUT2D eigenvalue weighted by Gasteiger charge is -2.01. The second kappa shape index (κ2) is 7.15. The molecule has 5 heteroatoms. The SMILES string of the molecule is C(=Nc1ccccc1)c1cccnc1-c1cnc(-c2cccnc2)s1. The smallest absolute Gasteiger partial charge is 0.125 e. The summed E-state index contributed by atoms with van der Waals surface area (Å²) in [6.07, 6.45) is 9.07. The molecule has 4 rings (SSSR count). The number of pyridine rings is 2. The van der Waals surface area contributed by atoms with Crippen LogP contribution in [-0.4, -0.2) is 21.2 Å². The number of rotatable bonds is 4. The highest BCUT2D eigenvalue weighted by molar-refractivity contribution is 7.18. The molecule has 0 bridgehead atoms. The largest absolute Gasteiger partial charge is 0.264 e. The van der Waals surface area contributed by atoms with Gasteiger partial charge in [-0.05, 0) is 36.4 Å². The van der Waals surface area contributed by atoms with Crippen LogP contribution in [0.1, 0.15) is 5.56 Å². The summed E-state index contributed by atoms with van der Waals surface area (Å²) < 4.78 is 0. The van der Waals surface area contributed by atoms with E-state index in [9.17, 15) is 0 Å². The highest BCUT2D eigenvalue weighted by Crippen LogP contribution is 2.32. The molecule has 3 heterocycles. The van der Waals surface area contributed by atoms with Crippen LogP contribution in [-0.2, 0) is 0 Å². The Hall–Kier alpha value is -3.18. The van der Waals surface area contributed by atoms with Crippen molar-refractivity contribution in [1.29, 1.82) is 0 Å². The first-order chi connectivity index (χ1) is 12.4. The molecule has 0 fully saturated rings. The van der Waals surface area contributed by atoms with Gasteiger partial charge in [-0.25, -0.2) is 4.98 Å². The number of thiazole rings is 1. The van der Waals surface area contributed by atoms with Crippen LogP contribution in [0.4, 0.5) is 5.69 Å². The van der Waals surface area contributed by atoms with Gasteiger partial charge in [-0.2, -0.15) is 0 Å². The van der Waals surface area contributed by atoms with Crippen LogP contribution in [0.2, 0.25) is 0 Å². The first-order valence-electron chi connectivity index (χ1n) is 7.81. The van der Waals surface area contributed by atoms with Crippen LogP contribution in [0.5, 0.6) is 0 Å². The van der Waals surface area contributed by atoms with Gasteiger partial charge in [0, 0.05) is 42.1 Å². The van der Waals surface area contributed by atoms with Crippen molar-refractivity contribution < 1.29 is 0 Å². The fourth-order valence-electron chi connectivity index (χ4n) is 2.39. The quantitative estimate of drug-likeness (QED) is 0.489. The lowest BCUT2D eigenvalue weighted by Crippen LogP contribution is -1.89. The van der Waals surface area contributed by atoms with Crippen molar-refractivity contribution in [3.63, 3.8) is 0 Å². The predicted octanol–water partition coefficient (Wildman–Crippen LogP) is 5.02. The zero-order valence-corrected chi connectivity index (χ0v) is 14.1. The van der Waals surface area contributed by atoms with E-state index in [4.69, 9.17) is 0 Å². The third kappa shape index (κ3) is 3.51. The first kappa shape index (κ1) is 15.4. The summed E-state index contributed by atoms with van der Waals surface area (Å²) in [6.45, 7) is 0. The number of nitrogens with zero attached hydrogens (tertiary/aromatic N) is 4. The molecule has 3 aromatic heterocycles. The van der Waals surface area contributed by atoms with E-state index >= 15 is 0 Å². The molecule has 0 spiro atoms. The highest BCUT2D eigenvalue weighted by atomic mass is 32.1. The molecular formula is C20H14N4S. The topological polar surface area (TPSA) is 51.0 Å². The van der Waals surface area contributed by atoms with Gasteiger partial charge in [-0.15, -0.1) is 11.3 Å². The van der Waals surface area contributed by atoms with Gasteiger partial charge in [0.05, 0.1) is 16.3 Å². The Kier molecular flexibility index (Phi) is 4.39. The summed E-state index contributed by atoms with van der Waals surface area (Å²) in [4.78, 5) is 18.7. The van der Waals surface area contributed by atoms with Gasteiger partial charge in [0.1, 0.15) is 5.01 Å². The maximum absolute atomic E-state index is 4.54. The summed E-state index contributed by atoms with van der Waals surface area (Å²) >= 11 is 1.60. The number of aliphatic imine (C=N–C) groups is 1. The monoisotopic (exact) mass is 342 g/mol. The molecule has 120 valence electrons. The van der Waals surface area contributed by atoms with E-state index in [1.165, 1.54) is 0 Å². The fourth-order valence-corrected chi connectivity index (χ4v) is 3.32. The van der Waals surface area contributed by atoms with Crippen molar-refractivity contribution in [3.8, 4) is 21.1 Å². The molecule has 1 aromatic carbocycles. The minimum absolute atomic E-state index is 0.884. The van der Waals surface area contributed by atoms with Crippen LogP contribution in [0.3, 0.4) is 0 Å². The molecule has 0 aliphatic heterocycles. The molecule has 0 saturated carbocycles. The molecule has 0 aliphatic rings. The second-order valence-electron chi connectivity index (χ2n) is 5.31. The number of benzene rings is 1. The van der Waals surface area contributed by atoms with E-state index in [0.717, 1.165) is 32.4 Å². The Morgan fingerprint density at radius 3 is 2.56 bits per heavy atom. The maximum atomic E-state index is 4.54. The molecule has 4 aromatic rings. The number of aromatic nitrogens is 3. The average Bonchev–Trinajstić information content (AvgIpc) is 3.18. The van der Waals surface area contributed by atoms with Crippen LogP contribution >= 0.6 is 11.3 Å². The van der Waals surface area contributed by atoms with Crippen LogP contribution in [0.15, 0.2) is 84.4 Å². The van der Waals surface area contributed by atoms with E-state index in [1.807, 2.05) is 73.2 Å². The summed E-state index contributed by atoms with van der Waals surface area (Å²) in [7, 11) is 0. The standard InChI is InChI=1S/C20H14N4S/c1-2-8-17(9-3-1)23-13-15-6-5-11-22-19(15)18-14-24-20(25-18)16-7-4-10-21-12-16/h1-14H. The normalized spacial score (nSPS) is 11.0. The third-order valence-corrected chi connectivity index (χ3v) is 4.65. The Morgan fingerprint density at radius 2 is 1.72 bits per heavy atom. The molecule has 0 N–H and O–H groups in total. The van der Waals surface area contributed by atoms with E-state index in [1.54, 1.807) is 23.7 Å². The van der Waals surface area contributed by atoms with Crippen molar-refractivity contribution in [2.45, 2.75) is 0 Å². The van der Waals surface area contributed by atoms with Crippen molar-refractivity contribution >= 4 is 23.2 Å². The minimum Gasteiger partial charge on any atom is -0.264 e. The molecule has 0 amide bonds. The molecule has 0 aliphatic carbocycles.